The number of pyridine rings is 1. The van der Waals surface area contributed by atoms with Gasteiger partial charge in [0.15, 0.2) is 5.75 Å². The number of rotatable bonds is 6. The van der Waals surface area contributed by atoms with Crippen LogP contribution in [0.15, 0.2) is 71.8 Å². The molecule has 3 aromatic rings. The van der Waals surface area contributed by atoms with E-state index in [9.17, 15) is 19.8 Å². The first kappa shape index (κ1) is 20.9. The Morgan fingerprint density at radius 1 is 1.00 bits per heavy atom. The lowest BCUT2D eigenvalue weighted by Gasteiger charge is -2.36. The molecule has 2 aromatic carbocycles. The molecule has 160 valence electrons. The number of hydrogen-bond donors (Lipinski definition) is 2. The number of hydrogen-bond acceptors (Lipinski definition) is 4. The fourth-order valence-electron chi connectivity index (χ4n) is 4.37. The summed E-state index contributed by atoms with van der Waals surface area (Å²) in [6, 6.07) is 18.9. The normalized spacial score (nSPS) is 16.8. The van der Waals surface area contributed by atoms with E-state index in [4.69, 9.17) is 0 Å². The van der Waals surface area contributed by atoms with E-state index in [0.717, 1.165) is 32.4 Å². The highest BCUT2D eigenvalue weighted by atomic mass is 16.4. The molecule has 0 aliphatic carbocycles. The van der Waals surface area contributed by atoms with Crippen molar-refractivity contribution in [1.82, 2.24) is 9.47 Å². The number of carboxylic acid groups (broad SMARTS) is 1. The van der Waals surface area contributed by atoms with Crippen LogP contribution in [0.1, 0.15) is 35.2 Å². The Morgan fingerprint density at radius 3 is 2.52 bits per heavy atom. The van der Waals surface area contributed by atoms with Crippen LogP contribution < -0.4 is 5.43 Å². The number of nitrogens with zero attached hydrogens (tertiary/aromatic N) is 2. The van der Waals surface area contributed by atoms with E-state index in [1.807, 2.05) is 18.2 Å². The van der Waals surface area contributed by atoms with Crippen LogP contribution >= 0.6 is 0 Å². The van der Waals surface area contributed by atoms with Crippen LogP contribution in [0.3, 0.4) is 0 Å². The van der Waals surface area contributed by atoms with Crippen molar-refractivity contribution < 1.29 is 15.0 Å². The predicted molar refractivity (Wildman–Crippen MR) is 119 cm³/mol. The summed E-state index contributed by atoms with van der Waals surface area (Å²) in [6.45, 7) is 2.25. The van der Waals surface area contributed by atoms with Crippen LogP contribution in [-0.4, -0.2) is 38.2 Å². The van der Waals surface area contributed by atoms with Crippen LogP contribution in [0.4, 0.5) is 0 Å². The minimum Gasteiger partial charge on any atom is -0.503 e. The summed E-state index contributed by atoms with van der Waals surface area (Å²) in [4.78, 5) is 25.7. The minimum absolute atomic E-state index is 0.182. The smallest absolute Gasteiger partial charge is 0.341 e. The number of benzene rings is 2. The lowest BCUT2D eigenvalue weighted by atomic mass is 9.96. The predicted octanol–water partition coefficient (Wildman–Crippen LogP) is 3.97. The van der Waals surface area contributed by atoms with Gasteiger partial charge in [0, 0.05) is 31.5 Å². The van der Waals surface area contributed by atoms with Crippen molar-refractivity contribution >= 4 is 5.97 Å². The third-order valence-corrected chi connectivity index (χ3v) is 5.94. The van der Waals surface area contributed by atoms with Crippen molar-refractivity contribution in [2.45, 2.75) is 38.4 Å². The second kappa shape index (κ2) is 9.18. The van der Waals surface area contributed by atoms with Crippen LogP contribution in [0.5, 0.6) is 5.75 Å². The summed E-state index contributed by atoms with van der Waals surface area (Å²) in [7, 11) is 0. The van der Waals surface area contributed by atoms with Gasteiger partial charge >= 0.3 is 5.97 Å². The van der Waals surface area contributed by atoms with Crippen molar-refractivity contribution in [2.75, 3.05) is 6.54 Å². The Labute approximate surface area is 181 Å². The van der Waals surface area contributed by atoms with E-state index in [1.165, 1.54) is 29.1 Å². The van der Waals surface area contributed by atoms with Gasteiger partial charge in [0.1, 0.15) is 5.56 Å². The number of carboxylic acids is 1. The largest absolute Gasteiger partial charge is 0.503 e. The topological polar surface area (TPSA) is 82.8 Å². The Hall–Kier alpha value is -3.38. The van der Waals surface area contributed by atoms with Gasteiger partial charge in [-0.15, -0.1) is 0 Å². The maximum absolute atomic E-state index is 11.9. The van der Waals surface area contributed by atoms with Crippen LogP contribution in [0.2, 0.25) is 0 Å². The highest BCUT2D eigenvalue weighted by Gasteiger charge is 2.24. The molecule has 6 heteroatoms. The van der Waals surface area contributed by atoms with E-state index >= 15 is 0 Å². The first-order valence-corrected chi connectivity index (χ1v) is 10.6. The summed E-state index contributed by atoms with van der Waals surface area (Å²) in [6.07, 6.45) is 5.84. The number of likely N-dealkylation sites (tertiary alicyclic amines) is 1. The zero-order valence-corrected chi connectivity index (χ0v) is 17.3. The molecule has 0 radical (unpaired) electrons. The molecule has 0 spiro atoms. The van der Waals surface area contributed by atoms with E-state index < -0.39 is 22.7 Å². The maximum Gasteiger partial charge on any atom is 0.341 e. The Balaban J connectivity index is 1.59. The second-order valence-electron chi connectivity index (χ2n) is 8.03. The van der Waals surface area contributed by atoms with E-state index in [0.29, 0.717) is 6.54 Å². The molecule has 1 atom stereocenters. The molecule has 0 amide bonds. The standard InChI is InChI=1S/C25H26N2O4/c28-23-17-26(16-22(24(23)29)25(30)31)15-20-11-6-7-13-27(20)14-19-10-4-5-12-21(19)18-8-2-1-3-9-18/h1-5,8-10,12,16-17,20,28H,6-7,11,13-15H2,(H,30,31). The zero-order chi connectivity index (χ0) is 21.8. The number of carbonyl (C=O) groups is 1. The van der Waals surface area contributed by atoms with Crippen molar-refractivity contribution in [3.63, 3.8) is 0 Å². The fourth-order valence-corrected chi connectivity index (χ4v) is 4.37. The molecule has 31 heavy (non-hydrogen) atoms. The van der Waals surface area contributed by atoms with Crippen molar-refractivity contribution in [2.24, 2.45) is 0 Å². The SMILES string of the molecule is O=C(O)c1cn(CC2CCCCN2Cc2ccccc2-c2ccccc2)cc(O)c1=O. The summed E-state index contributed by atoms with van der Waals surface area (Å²) in [5, 5.41) is 19.2. The molecule has 0 bridgehead atoms. The molecular weight excluding hydrogens is 392 g/mol. The van der Waals surface area contributed by atoms with E-state index in [2.05, 4.69) is 41.3 Å². The monoisotopic (exact) mass is 418 g/mol. The highest BCUT2D eigenvalue weighted by Crippen LogP contribution is 2.28. The van der Waals surface area contributed by atoms with Crippen molar-refractivity contribution in [3.8, 4) is 16.9 Å². The molecule has 1 saturated heterocycles. The van der Waals surface area contributed by atoms with Crippen LogP contribution in [0, 0.1) is 0 Å². The average Bonchev–Trinajstić information content (AvgIpc) is 2.78. The molecular formula is C25H26N2O4. The molecule has 1 aliphatic heterocycles. The van der Waals surface area contributed by atoms with Gasteiger partial charge in [0.2, 0.25) is 5.43 Å². The first-order valence-electron chi connectivity index (χ1n) is 10.6. The maximum atomic E-state index is 11.9. The molecule has 1 fully saturated rings. The van der Waals surface area contributed by atoms with E-state index in [-0.39, 0.29) is 6.04 Å². The summed E-state index contributed by atoms with van der Waals surface area (Å²) in [5.41, 5.74) is 2.39. The number of piperidine rings is 1. The van der Waals surface area contributed by atoms with Gasteiger partial charge in [-0.25, -0.2) is 4.79 Å². The lowest BCUT2D eigenvalue weighted by molar-refractivity contribution is 0.0693. The molecule has 0 saturated carbocycles. The zero-order valence-electron chi connectivity index (χ0n) is 17.3. The van der Waals surface area contributed by atoms with Crippen LogP contribution in [-0.2, 0) is 13.1 Å². The Morgan fingerprint density at radius 2 is 1.74 bits per heavy atom. The average molecular weight is 418 g/mol. The van der Waals surface area contributed by atoms with E-state index in [1.54, 1.807) is 4.57 Å². The Kier molecular flexibility index (Phi) is 6.18. The highest BCUT2D eigenvalue weighted by molar-refractivity contribution is 5.87. The van der Waals surface area contributed by atoms with Gasteiger partial charge in [-0.1, -0.05) is 61.0 Å². The Bertz CT molecular complexity index is 1120. The number of aromatic carboxylic acids is 1. The first-order chi connectivity index (χ1) is 15.0. The molecule has 2 heterocycles. The van der Waals surface area contributed by atoms with Gasteiger partial charge < -0.3 is 14.8 Å². The lowest BCUT2D eigenvalue weighted by Crippen LogP contribution is -2.41. The molecule has 1 aromatic heterocycles. The number of aromatic nitrogens is 1. The summed E-state index contributed by atoms with van der Waals surface area (Å²) >= 11 is 0. The number of aromatic hydroxyl groups is 1. The quantitative estimate of drug-likeness (QED) is 0.633. The third-order valence-electron chi connectivity index (χ3n) is 5.94. The van der Waals surface area contributed by atoms with Gasteiger partial charge in [-0.2, -0.15) is 0 Å². The van der Waals surface area contributed by atoms with Gasteiger partial charge in [0.25, 0.3) is 0 Å². The van der Waals surface area contributed by atoms with Gasteiger partial charge in [-0.3, -0.25) is 9.69 Å². The van der Waals surface area contributed by atoms with Crippen LogP contribution in [0.25, 0.3) is 11.1 Å². The fraction of sp³-hybridized carbons (Fsp3) is 0.280. The van der Waals surface area contributed by atoms with Gasteiger partial charge in [-0.05, 0) is 36.1 Å². The molecule has 1 aliphatic rings. The summed E-state index contributed by atoms with van der Waals surface area (Å²) < 4.78 is 1.63. The minimum atomic E-state index is -1.33. The van der Waals surface area contributed by atoms with Crippen molar-refractivity contribution in [3.05, 3.63) is 88.3 Å². The second-order valence-corrected chi connectivity index (χ2v) is 8.03. The summed E-state index contributed by atoms with van der Waals surface area (Å²) in [5.74, 6) is -1.86. The molecule has 2 N–H and O–H groups in total. The third kappa shape index (κ3) is 4.70. The molecule has 6 nitrogen and oxygen atoms in total. The van der Waals surface area contributed by atoms with Gasteiger partial charge in [0.05, 0.1) is 0 Å². The van der Waals surface area contributed by atoms with Crippen molar-refractivity contribution in [1.29, 1.82) is 0 Å². The molecule has 1 unspecified atom stereocenters. The molecule has 4 rings (SSSR count).